The molecule has 0 heteroatoms. The summed E-state index contributed by atoms with van der Waals surface area (Å²) in [5.74, 6) is 7.54. The van der Waals surface area contributed by atoms with E-state index < -0.39 is 0 Å². The van der Waals surface area contributed by atoms with Crippen molar-refractivity contribution in [2.24, 2.45) is 5.92 Å². The average molecular weight is 264 g/mol. The van der Waals surface area contributed by atoms with E-state index in [4.69, 9.17) is 0 Å². The van der Waals surface area contributed by atoms with Crippen LogP contribution in [0.2, 0.25) is 0 Å². The molecular weight excluding hydrogens is 228 g/mol. The lowest BCUT2D eigenvalue weighted by Crippen LogP contribution is -1.86. The Hall–Kier alpha value is -0.440. The van der Waals surface area contributed by atoms with Gasteiger partial charge in [-0.2, -0.15) is 0 Å². The highest BCUT2D eigenvalue weighted by molar-refractivity contribution is 4.98. The van der Waals surface area contributed by atoms with Crippen LogP contribution in [-0.4, -0.2) is 0 Å². The van der Waals surface area contributed by atoms with E-state index >= 15 is 0 Å². The van der Waals surface area contributed by atoms with Gasteiger partial charge in [-0.25, -0.2) is 0 Å². The Balaban J connectivity index is 3.10. The minimum atomic E-state index is 0.872. The summed E-state index contributed by atoms with van der Waals surface area (Å²) in [7, 11) is 0. The first-order valence-corrected chi connectivity index (χ1v) is 8.73. The van der Waals surface area contributed by atoms with Crippen LogP contribution in [0.15, 0.2) is 0 Å². The molecule has 19 heavy (non-hydrogen) atoms. The maximum absolute atomic E-state index is 3.34. The van der Waals surface area contributed by atoms with Crippen molar-refractivity contribution in [3.63, 3.8) is 0 Å². The van der Waals surface area contributed by atoms with Crippen LogP contribution in [0.5, 0.6) is 0 Å². The highest BCUT2D eigenvalue weighted by Crippen LogP contribution is 2.10. The molecule has 0 radical (unpaired) electrons. The van der Waals surface area contributed by atoms with E-state index in [0.29, 0.717) is 0 Å². The van der Waals surface area contributed by atoms with Crippen LogP contribution in [0.3, 0.4) is 0 Å². The lowest BCUT2D eigenvalue weighted by Gasteiger charge is -2.02. The predicted molar refractivity (Wildman–Crippen MR) is 88.3 cm³/mol. The fraction of sp³-hybridized carbons (Fsp3) is 0.895. The van der Waals surface area contributed by atoms with E-state index in [2.05, 4.69) is 32.6 Å². The Morgan fingerprint density at radius 1 is 0.632 bits per heavy atom. The Morgan fingerprint density at radius 2 is 1.11 bits per heavy atom. The van der Waals surface area contributed by atoms with Crippen molar-refractivity contribution < 1.29 is 0 Å². The van der Waals surface area contributed by atoms with Gasteiger partial charge in [-0.3, -0.25) is 0 Å². The third kappa shape index (κ3) is 17.6. The summed E-state index contributed by atoms with van der Waals surface area (Å²) in [5.41, 5.74) is 0. The minimum absolute atomic E-state index is 0.872. The summed E-state index contributed by atoms with van der Waals surface area (Å²) in [6.07, 6.45) is 17.4. The summed E-state index contributed by atoms with van der Waals surface area (Å²) in [4.78, 5) is 0. The smallest absolute Gasteiger partial charge is 0.00886 e. The van der Waals surface area contributed by atoms with Gasteiger partial charge < -0.3 is 0 Å². The number of unbranched alkanes of at least 4 members (excludes halogenated alkanes) is 10. The lowest BCUT2D eigenvalue weighted by molar-refractivity contribution is 0.521. The predicted octanol–water partition coefficient (Wildman–Crippen LogP) is 6.74. The first-order chi connectivity index (χ1) is 9.27. The van der Waals surface area contributed by atoms with Gasteiger partial charge in [0.2, 0.25) is 0 Å². The molecule has 0 aromatic carbocycles. The molecule has 0 aromatic rings. The molecule has 0 spiro atoms. The zero-order valence-corrected chi connectivity index (χ0v) is 13.8. The van der Waals surface area contributed by atoms with Gasteiger partial charge in [-0.05, 0) is 18.8 Å². The second-order valence-electron chi connectivity index (χ2n) is 6.22. The van der Waals surface area contributed by atoms with Gasteiger partial charge in [0.1, 0.15) is 0 Å². The molecule has 0 aromatic heterocycles. The quantitative estimate of drug-likeness (QED) is 0.270. The maximum Gasteiger partial charge on any atom is 0.00886 e. The molecule has 0 bridgehead atoms. The molecule has 0 saturated carbocycles. The van der Waals surface area contributed by atoms with Crippen molar-refractivity contribution in [2.45, 2.75) is 104 Å². The Bertz CT molecular complexity index is 216. The molecule has 0 rings (SSSR count). The second kappa shape index (κ2) is 15.6. The van der Waals surface area contributed by atoms with Crippen molar-refractivity contribution in [3.8, 4) is 11.8 Å². The highest BCUT2D eigenvalue weighted by atomic mass is 14.0. The lowest BCUT2D eigenvalue weighted by atomic mass is 10.0. The second-order valence-corrected chi connectivity index (χ2v) is 6.22. The van der Waals surface area contributed by atoms with Crippen molar-refractivity contribution in [1.82, 2.24) is 0 Å². The summed E-state index contributed by atoms with van der Waals surface area (Å²) in [6, 6.07) is 0. The van der Waals surface area contributed by atoms with Crippen LogP contribution in [0.4, 0.5) is 0 Å². The normalized spacial score (nSPS) is 10.5. The topological polar surface area (TPSA) is 0 Å². The first-order valence-electron chi connectivity index (χ1n) is 8.73. The number of hydrogen-bond acceptors (Lipinski definition) is 0. The molecule has 0 aliphatic heterocycles. The molecule has 0 aliphatic rings. The molecule has 0 nitrogen and oxygen atoms in total. The molecule has 0 unspecified atom stereocenters. The van der Waals surface area contributed by atoms with Gasteiger partial charge >= 0.3 is 0 Å². The molecule has 0 atom stereocenters. The SMILES string of the molecule is CCCCCCCCC#CCCCCCCC(C)C. The van der Waals surface area contributed by atoms with Gasteiger partial charge in [0.25, 0.3) is 0 Å². The van der Waals surface area contributed by atoms with Crippen LogP contribution >= 0.6 is 0 Å². The highest BCUT2D eigenvalue weighted by Gasteiger charge is 1.93. The molecule has 112 valence electrons. The van der Waals surface area contributed by atoms with Crippen molar-refractivity contribution in [3.05, 3.63) is 0 Å². The number of rotatable bonds is 12. The van der Waals surface area contributed by atoms with Crippen LogP contribution < -0.4 is 0 Å². The maximum atomic E-state index is 3.34. The Morgan fingerprint density at radius 3 is 1.63 bits per heavy atom. The van der Waals surface area contributed by atoms with Crippen LogP contribution in [-0.2, 0) is 0 Å². The molecule has 0 N–H and O–H groups in total. The largest absolute Gasteiger partial charge is 0.103 e. The first kappa shape index (κ1) is 18.6. The third-order valence-corrected chi connectivity index (χ3v) is 3.61. The summed E-state index contributed by atoms with van der Waals surface area (Å²) < 4.78 is 0. The summed E-state index contributed by atoms with van der Waals surface area (Å²) in [5, 5.41) is 0. The van der Waals surface area contributed by atoms with Crippen LogP contribution in [0, 0.1) is 17.8 Å². The van der Waals surface area contributed by atoms with Crippen molar-refractivity contribution in [1.29, 1.82) is 0 Å². The molecule has 0 heterocycles. The van der Waals surface area contributed by atoms with Crippen LogP contribution in [0.1, 0.15) is 104 Å². The van der Waals surface area contributed by atoms with Crippen LogP contribution in [0.25, 0.3) is 0 Å². The molecule has 0 saturated heterocycles. The third-order valence-electron chi connectivity index (χ3n) is 3.61. The molecular formula is C19H36. The van der Waals surface area contributed by atoms with E-state index in [1.165, 1.54) is 70.6 Å². The molecule has 0 fully saturated rings. The molecule has 0 aliphatic carbocycles. The summed E-state index contributed by atoms with van der Waals surface area (Å²) >= 11 is 0. The fourth-order valence-corrected chi connectivity index (χ4v) is 2.29. The van der Waals surface area contributed by atoms with E-state index in [1.54, 1.807) is 0 Å². The monoisotopic (exact) mass is 264 g/mol. The Kier molecular flexibility index (Phi) is 15.3. The average Bonchev–Trinajstić information content (AvgIpc) is 2.39. The van der Waals surface area contributed by atoms with E-state index in [0.717, 1.165) is 18.8 Å². The summed E-state index contributed by atoms with van der Waals surface area (Å²) in [6.45, 7) is 6.90. The van der Waals surface area contributed by atoms with E-state index in [9.17, 15) is 0 Å². The number of hydrogen-bond donors (Lipinski definition) is 0. The van der Waals surface area contributed by atoms with Gasteiger partial charge in [0.15, 0.2) is 0 Å². The Labute approximate surface area is 122 Å². The van der Waals surface area contributed by atoms with E-state index in [-0.39, 0.29) is 0 Å². The fourth-order valence-electron chi connectivity index (χ4n) is 2.29. The van der Waals surface area contributed by atoms with Crippen molar-refractivity contribution >= 4 is 0 Å². The standard InChI is InChI=1S/C19H36/c1-4-5-6-7-8-9-10-11-12-13-14-15-16-17-18-19(2)3/h19H,4-10,13-18H2,1-3H3. The van der Waals surface area contributed by atoms with E-state index in [1.807, 2.05) is 0 Å². The van der Waals surface area contributed by atoms with Crippen molar-refractivity contribution in [2.75, 3.05) is 0 Å². The zero-order chi connectivity index (χ0) is 14.2. The minimum Gasteiger partial charge on any atom is -0.103 e. The van der Waals surface area contributed by atoms with Gasteiger partial charge in [-0.15, -0.1) is 11.8 Å². The zero-order valence-electron chi connectivity index (χ0n) is 13.8. The van der Waals surface area contributed by atoms with Gasteiger partial charge in [0.05, 0.1) is 0 Å². The van der Waals surface area contributed by atoms with Gasteiger partial charge in [0, 0.05) is 12.8 Å². The molecule has 0 amide bonds. The van der Waals surface area contributed by atoms with Gasteiger partial charge in [-0.1, -0.05) is 78.6 Å².